The fourth-order valence-electron chi connectivity index (χ4n) is 2.96. The fourth-order valence-corrected chi connectivity index (χ4v) is 2.96. The molecule has 7 nitrogen and oxygen atoms in total. The van der Waals surface area contributed by atoms with Gasteiger partial charge in [-0.2, -0.15) is 5.06 Å². The van der Waals surface area contributed by atoms with Gasteiger partial charge in [-0.3, -0.25) is 14.5 Å². The average molecular weight is 352 g/mol. The molecule has 4 rings (SSSR count). The second kappa shape index (κ2) is 6.74. The van der Waals surface area contributed by atoms with Gasteiger partial charge >= 0.3 is 0 Å². The van der Waals surface area contributed by atoms with Crippen molar-refractivity contribution in [1.29, 1.82) is 0 Å². The smallest absolute Gasteiger partial charge is 0.159 e. The zero-order valence-electron chi connectivity index (χ0n) is 14.2. The molecule has 0 radical (unpaired) electrons. The van der Waals surface area contributed by atoms with E-state index in [-0.39, 0.29) is 18.9 Å². The number of benzene rings is 1. The standard InChI is InChI=1S/C18H17FN6O/c1-2-24(26)11-17-23-22-16-10-21-18(14-5-3-4-8-20-14)13-9-12(19)6-7-15(13)25(16)17/h3-9,26H,2,10-11H2,1H3. The van der Waals surface area contributed by atoms with E-state index < -0.39 is 0 Å². The Morgan fingerprint density at radius 3 is 2.88 bits per heavy atom. The number of hydrogen-bond acceptors (Lipinski definition) is 6. The molecule has 0 saturated carbocycles. The number of halogens is 1. The van der Waals surface area contributed by atoms with Gasteiger partial charge in [-0.1, -0.05) is 13.0 Å². The van der Waals surface area contributed by atoms with E-state index in [4.69, 9.17) is 0 Å². The second-order valence-electron chi connectivity index (χ2n) is 5.89. The Labute approximate surface area is 149 Å². The predicted molar refractivity (Wildman–Crippen MR) is 92.8 cm³/mol. The van der Waals surface area contributed by atoms with Crippen LogP contribution in [0.1, 0.15) is 29.8 Å². The number of hydroxylamine groups is 2. The number of nitrogens with zero attached hydrogens (tertiary/aromatic N) is 6. The summed E-state index contributed by atoms with van der Waals surface area (Å²) in [5.41, 5.74) is 2.60. The van der Waals surface area contributed by atoms with Crippen molar-refractivity contribution in [3.8, 4) is 5.69 Å². The summed E-state index contributed by atoms with van der Waals surface area (Å²) >= 11 is 0. The summed E-state index contributed by atoms with van der Waals surface area (Å²) in [5.74, 6) is 0.834. The van der Waals surface area contributed by atoms with Gasteiger partial charge in [0.1, 0.15) is 12.4 Å². The number of rotatable bonds is 4. The Hall–Kier alpha value is -2.97. The maximum Gasteiger partial charge on any atom is 0.159 e. The summed E-state index contributed by atoms with van der Waals surface area (Å²) in [7, 11) is 0. The van der Waals surface area contributed by atoms with Crippen LogP contribution in [0.25, 0.3) is 5.69 Å². The van der Waals surface area contributed by atoms with Crippen LogP contribution in [0, 0.1) is 5.82 Å². The number of fused-ring (bicyclic) bond motifs is 3. The normalized spacial score (nSPS) is 13.2. The van der Waals surface area contributed by atoms with Crippen LogP contribution in [0.5, 0.6) is 0 Å². The maximum atomic E-state index is 14.0. The van der Waals surface area contributed by atoms with Crippen LogP contribution in [0.3, 0.4) is 0 Å². The molecule has 0 saturated heterocycles. The fraction of sp³-hybridized carbons (Fsp3) is 0.222. The zero-order valence-corrected chi connectivity index (χ0v) is 14.2. The summed E-state index contributed by atoms with van der Waals surface area (Å²) < 4.78 is 15.8. The van der Waals surface area contributed by atoms with E-state index in [0.717, 1.165) is 5.06 Å². The van der Waals surface area contributed by atoms with E-state index in [1.54, 1.807) is 12.3 Å². The van der Waals surface area contributed by atoms with E-state index >= 15 is 0 Å². The van der Waals surface area contributed by atoms with Crippen molar-refractivity contribution in [2.24, 2.45) is 4.99 Å². The van der Waals surface area contributed by atoms with Crippen LogP contribution in [0.4, 0.5) is 4.39 Å². The van der Waals surface area contributed by atoms with Crippen LogP contribution in [0.15, 0.2) is 47.6 Å². The SMILES string of the molecule is CCN(O)Cc1nnc2n1-c1ccc(F)cc1C(c1ccccn1)=NC2. The molecule has 3 heterocycles. The van der Waals surface area contributed by atoms with E-state index in [2.05, 4.69) is 20.2 Å². The van der Waals surface area contributed by atoms with E-state index in [1.165, 1.54) is 12.1 Å². The molecule has 132 valence electrons. The molecule has 1 aliphatic rings. The van der Waals surface area contributed by atoms with Crippen molar-refractivity contribution >= 4 is 5.71 Å². The van der Waals surface area contributed by atoms with Crippen LogP contribution >= 0.6 is 0 Å². The average Bonchev–Trinajstić information content (AvgIpc) is 2.97. The molecule has 1 aromatic carbocycles. The number of pyridine rings is 1. The van der Waals surface area contributed by atoms with Gasteiger partial charge in [0.05, 0.1) is 23.6 Å². The summed E-state index contributed by atoms with van der Waals surface area (Å²) in [6.07, 6.45) is 1.68. The Morgan fingerprint density at radius 1 is 1.23 bits per heavy atom. The summed E-state index contributed by atoms with van der Waals surface area (Å²) in [6.45, 7) is 2.78. The van der Waals surface area contributed by atoms with E-state index in [1.807, 2.05) is 29.7 Å². The van der Waals surface area contributed by atoms with Crippen molar-refractivity contribution in [2.75, 3.05) is 6.54 Å². The minimum Gasteiger partial charge on any atom is -0.314 e. The Kier molecular flexibility index (Phi) is 4.27. The molecule has 26 heavy (non-hydrogen) atoms. The lowest BCUT2D eigenvalue weighted by atomic mass is 10.0. The minimum atomic E-state index is -0.359. The van der Waals surface area contributed by atoms with Gasteiger partial charge in [-0.15, -0.1) is 10.2 Å². The molecule has 1 N–H and O–H groups in total. The lowest BCUT2D eigenvalue weighted by Gasteiger charge is -2.15. The van der Waals surface area contributed by atoms with Gasteiger partial charge in [0.25, 0.3) is 0 Å². The van der Waals surface area contributed by atoms with Gasteiger partial charge < -0.3 is 5.21 Å². The van der Waals surface area contributed by atoms with Crippen LogP contribution in [-0.2, 0) is 13.1 Å². The third kappa shape index (κ3) is 2.89. The highest BCUT2D eigenvalue weighted by Crippen LogP contribution is 2.26. The zero-order chi connectivity index (χ0) is 18.1. The van der Waals surface area contributed by atoms with Gasteiger partial charge in [0.2, 0.25) is 0 Å². The Morgan fingerprint density at radius 2 is 2.12 bits per heavy atom. The highest BCUT2D eigenvalue weighted by molar-refractivity contribution is 6.14. The van der Waals surface area contributed by atoms with Gasteiger partial charge in [-0.05, 0) is 30.3 Å². The van der Waals surface area contributed by atoms with Crippen molar-refractivity contribution < 1.29 is 9.60 Å². The lowest BCUT2D eigenvalue weighted by Crippen LogP contribution is -2.21. The Balaban J connectivity index is 1.90. The molecular formula is C18H17FN6O. The highest BCUT2D eigenvalue weighted by Gasteiger charge is 2.24. The quantitative estimate of drug-likeness (QED) is 0.729. The van der Waals surface area contributed by atoms with E-state index in [9.17, 15) is 9.60 Å². The molecule has 8 heteroatoms. The molecule has 0 unspecified atom stereocenters. The highest BCUT2D eigenvalue weighted by atomic mass is 19.1. The van der Waals surface area contributed by atoms with Crippen LogP contribution < -0.4 is 0 Å². The number of aromatic nitrogens is 4. The minimum absolute atomic E-state index is 0.208. The van der Waals surface area contributed by atoms with Crippen LogP contribution in [-0.4, -0.2) is 42.3 Å². The first-order chi connectivity index (χ1) is 12.7. The maximum absolute atomic E-state index is 14.0. The van der Waals surface area contributed by atoms with Crippen molar-refractivity contribution in [3.63, 3.8) is 0 Å². The summed E-state index contributed by atoms with van der Waals surface area (Å²) in [6, 6.07) is 10.0. The number of hydrogen-bond donors (Lipinski definition) is 1. The molecule has 1 aliphatic heterocycles. The predicted octanol–water partition coefficient (Wildman–Crippen LogP) is 2.36. The first kappa shape index (κ1) is 16.5. The molecule has 0 atom stereocenters. The third-order valence-electron chi connectivity index (χ3n) is 4.23. The van der Waals surface area contributed by atoms with Gasteiger partial charge in [-0.25, -0.2) is 4.39 Å². The third-order valence-corrected chi connectivity index (χ3v) is 4.23. The summed E-state index contributed by atoms with van der Waals surface area (Å²) in [4.78, 5) is 8.98. The topological polar surface area (TPSA) is 79.4 Å². The molecule has 2 aromatic heterocycles. The number of aliphatic imine (C=N–C) groups is 1. The molecule has 0 spiro atoms. The molecule has 0 bridgehead atoms. The molecule has 0 aliphatic carbocycles. The Bertz CT molecular complexity index is 969. The first-order valence-corrected chi connectivity index (χ1v) is 8.30. The van der Waals surface area contributed by atoms with Gasteiger partial charge in [0, 0.05) is 18.3 Å². The lowest BCUT2D eigenvalue weighted by molar-refractivity contribution is -0.0967. The van der Waals surface area contributed by atoms with Gasteiger partial charge in [0.15, 0.2) is 11.6 Å². The van der Waals surface area contributed by atoms with Crippen molar-refractivity contribution in [1.82, 2.24) is 24.8 Å². The van der Waals surface area contributed by atoms with Crippen molar-refractivity contribution in [3.05, 3.63) is 71.3 Å². The monoisotopic (exact) mass is 352 g/mol. The first-order valence-electron chi connectivity index (χ1n) is 8.30. The van der Waals surface area contributed by atoms with E-state index in [0.29, 0.717) is 40.9 Å². The molecule has 0 fully saturated rings. The second-order valence-corrected chi connectivity index (χ2v) is 5.89. The molecule has 3 aromatic rings. The molecular weight excluding hydrogens is 335 g/mol. The largest absolute Gasteiger partial charge is 0.314 e. The summed E-state index contributed by atoms with van der Waals surface area (Å²) in [5, 5.41) is 19.4. The van der Waals surface area contributed by atoms with Crippen molar-refractivity contribution in [2.45, 2.75) is 20.0 Å². The van der Waals surface area contributed by atoms with Crippen LogP contribution in [0.2, 0.25) is 0 Å². The molecule has 0 amide bonds.